The molecule has 0 spiro atoms. The number of nitrogens with zero attached hydrogens (tertiary/aromatic N) is 2. The number of aromatic nitrogens is 2. The van der Waals surface area contributed by atoms with Gasteiger partial charge in [0.05, 0.1) is 10.0 Å². The van der Waals surface area contributed by atoms with E-state index in [4.69, 9.17) is 5.11 Å². The maximum atomic E-state index is 11.2. The first kappa shape index (κ1) is 15.0. The summed E-state index contributed by atoms with van der Waals surface area (Å²) in [6.45, 7) is 2.04. The standard InChI is InChI=1S/C14H13BrN2O2S/c1-2-4-10-7-9(14(18)19)8-12(17-10)20-13-11(15)5-3-6-16-13/h3,5-8H,2,4H2,1H3,(H,18,19). The van der Waals surface area contributed by atoms with E-state index in [9.17, 15) is 4.79 Å². The van der Waals surface area contributed by atoms with Crippen molar-refractivity contribution >= 4 is 33.7 Å². The number of aromatic carboxylic acids is 1. The Labute approximate surface area is 129 Å². The summed E-state index contributed by atoms with van der Waals surface area (Å²) in [6, 6.07) is 6.93. The van der Waals surface area contributed by atoms with Crippen molar-refractivity contribution in [1.29, 1.82) is 0 Å². The summed E-state index contributed by atoms with van der Waals surface area (Å²) in [5.74, 6) is -0.938. The Morgan fingerprint density at radius 3 is 2.90 bits per heavy atom. The minimum Gasteiger partial charge on any atom is -0.478 e. The molecule has 2 heterocycles. The predicted octanol–water partition coefficient (Wildman–Crippen LogP) is 4.04. The molecule has 2 rings (SSSR count). The molecule has 0 aliphatic heterocycles. The van der Waals surface area contributed by atoms with E-state index in [1.807, 2.05) is 19.1 Å². The second-order valence-electron chi connectivity index (χ2n) is 4.13. The van der Waals surface area contributed by atoms with Crippen LogP contribution < -0.4 is 0 Å². The molecular formula is C14H13BrN2O2S. The van der Waals surface area contributed by atoms with Crippen LogP contribution >= 0.6 is 27.7 Å². The monoisotopic (exact) mass is 352 g/mol. The Bertz CT molecular complexity index is 634. The summed E-state index contributed by atoms with van der Waals surface area (Å²) in [4.78, 5) is 19.9. The Balaban J connectivity index is 2.35. The maximum Gasteiger partial charge on any atom is 0.335 e. The van der Waals surface area contributed by atoms with Crippen LogP contribution in [0.2, 0.25) is 0 Å². The van der Waals surface area contributed by atoms with Gasteiger partial charge in [0.1, 0.15) is 10.1 Å². The molecule has 104 valence electrons. The second-order valence-corrected chi connectivity index (χ2v) is 6.00. The molecule has 0 bridgehead atoms. The number of rotatable bonds is 5. The summed E-state index contributed by atoms with van der Waals surface area (Å²) < 4.78 is 0.865. The molecule has 0 aromatic carbocycles. The summed E-state index contributed by atoms with van der Waals surface area (Å²) in [6.07, 6.45) is 3.38. The van der Waals surface area contributed by atoms with Crippen LogP contribution in [0.3, 0.4) is 0 Å². The minimum atomic E-state index is -0.938. The Kier molecular flexibility index (Phi) is 5.14. The minimum absolute atomic E-state index is 0.262. The lowest BCUT2D eigenvalue weighted by molar-refractivity contribution is 0.0696. The fraction of sp³-hybridized carbons (Fsp3) is 0.214. The number of carboxylic acids is 1. The summed E-state index contributed by atoms with van der Waals surface area (Å²) >= 11 is 4.78. The molecule has 0 atom stereocenters. The highest BCUT2D eigenvalue weighted by Crippen LogP contribution is 2.31. The first-order chi connectivity index (χ1) is 9.60. The fourth-order valence-electron chi connectivity index (χ4n) is 1.67. The summed E-state index contributed by atoms with van der Waals surface area (Å²) in [5, 5.41) is 10.6. The van der Waals surface area contributed by atoms with E-state index in [0.717, 1.165) is 28.0 Å². The van der Waals surface area contributed by atoms with Crippen LogP contribution in [0.5, 0.6) is 0 Å². The molecule has 6 heteroatoms. The fourth-order valence-corrected chi connectivity index (χ4v) is 2.99. The lowest BCUT2D eigenvalue weighted by Gasteiger charge is -2.06. The van der Waals surface area contributed by atoms with Crippen LogP contribution in [0.1, 0.15) is 29.4 Å². The van der Waals surface area contributed by atoms with Crippen molar-refractivity contribution in [2.45, 2.75) is 29.8 Å². The topological polar surface area (TPSA) is 63.1 Å². The molecule has 0 fully saturated rings. The van der Waals surface area contributed by atoms with E-state index in [-0.39, 0.29) is 5.56 Å². The third kappa shape index (κ3) is 3.80. The van der Waals surface area contributed by atoms with Gasteiger partial charge in [0.2, 0.25) is 0 Å². The molecule has 0 aliphatic carbocycles. The quantitative estimate of drug-likeness (QED) is 0.879. The average Bonchev–Trinajstić information content (AvgIpc) is 2.41. The molecule has 0 saturated heterocycles. The number of carbonyl (C=O) groups is 1. The van der Waals surface area contributed by atoms with Gasteiger partial charge >= 0.3 is 5.97 Å². The summed E-state index contributed by atoms with van der Waals surface area (Å²) in [5.41, 5.74) is 1.06. The highest BCUT2D eigenvalue weighted by molar-refractivity contribution is 9.10. The average molecular weight is 353 g/mol. The normalized spacial score (nSPS) is 10.5. The lowest BCUT2D eigenvalue weighted by Crippen LogP contribution is -2.01. The van der Waals surface area contributed by atoms with Gasteiger partial charge in [-0.2, -0.15) is 0 Å². The molecule has 0 radical (unpaired) electrons. The smallest absolute Gasteiger partial charge is 0.335 e. The molecule has 1 N–H and O–H groups in total. The number of halogens is 1. The van der Waals surface area contributed by atoms with Crippen molar-refractivity contribution in [3.05, 3.63) is 46.2 Å². The van der Waals surface area contributed by atoms with Gasteiger partial charge in [-0.15, -0.1) is 0 Å². The van der Waals surface area contributed by atoms with E-state index in [0.29, 0.717) is 5.03 Å². The zero-order valence-corrected chi connectivity index (χ0v) is 13.2. The van der Waals surface area contributed by atoms with Crippen LogP contribution in [0, 0.1) is 0 Å². The largest absolute Gasteiger partial charge is 0.478 e. The van der Waals surface area contributed by atoms with Gasteiger partial charge in [-0.1, -0.05) is 13.3 Å². The molecule has 20 heavy (non-hydrogen) atoms. The highest BCUT2D eigenvalue weighted by Gasteiger charge is 2.11. The van der Waals surface area contributed by atoms with Crippen LogP contribution in [-0.2, 0) is 6.42 Å². The number of aryl methyl sites for hydroxylation is 1. The van der Waals surface area contributed by atoms with Crippen molar-refractivity contribution < 1.29 is 9.90 Å². The first-order valence-corrected chi connectivity index (χ1v) is 7.73. The second kappa shape index (κ2) is 6.85. The Hall–Kier alpha value is -1.40. The van der Waals surface area contributed by atoms with Gasteiger partial charge in [-0.25, -0.2) is 14.8 Å². The van der Waals surface area contributed by atoms with Crippen LogP contribution in [-0.4, -0.2) is 21.0 Å². The van der Waals surface area contributed by atoms with Crippen molar-refractivity contribution in [3.8, 4) is 0 Å². The van der Waals surface area contributed by atoms with Gasteiger partial charge in [0.15, 0.2) is 0 Å². The third-order valence-corrected chi connectivity index (χ3v) is 4.37. The molecule has 0 aliphatic rings. The number of hydrogen-bond donors (Lipinski definition) is 1. The number of pyridine rings is 2. The van der Waals surface area contributed by atoms with Crippen molar-refractivity contribution in [2.24, 2.45) is 0 Å². The first-order valence-electron chi connectivity index (χ1n) is 6.12. The van der Waals surface area contributed by atoms with Crippen LogP contribution in [0.15, 0.2) is 45.0 Å². The Morgan fingerprint density at radius 1 is 1.45 bits per heavy atom. The molecular weight excluding hydrogens is 340 g/mol. The van der Waals surface area contributed by atoms with Gasteiger partial charge < -0.3 is 5.11 Å². The van der Waals surface area contributed by atoms with Gasteiger partial charge in [0, 0.05) is 11.9 Å². The number of carboxylic acid groups (broad SMARTS) is 1. The maximum absolute atomic E-state index is 11.2. The molecule has 4 nitrogen and oxygen atoms in total. The number of hydrogen-bond acceptors (Lipinski definition) is 4. The zero-order valence-electron chi connectivity index (χ0n) is 10.8. The van der Waals surface area contributed by atoms with Crippen molar-refractivity contribution in [3.63, 3.8) is 0 Å². The molecule has 2 aromatic rings. The van der Waals surface area contributed by atoms with E-state index >= 15 is 0 Å². The highest BCUT2D eigenvalue weighted by atomic mass is 79.9. The van der Waals surface area contributed by atoms with E-state index in [1.54, 1.807) is 18.3 Å². The van der Waals surface area contributed by atoms with Gasteiger partial charge in [-0.05, 0) is 58.4 Å². The SMILES string of the molecule is CCCc1cc(C(=O)O)cc(Sc2ncccc2Br)n1. The molecule has 0 unspecified atom stereocenters. The molecule has 0 amide bonds. The molecule has 0 saturated carbocycles. The molecule has 2 aromatic heterocycles. The van der Waals surface area contributed by atoms with E-state index < -0.39 is 5.97 Å². The summed E-state index contributed by atoms with van der Waals surface area (Å²) in [7, 11) is 0. The van der Waals surface area contributed by atoms with Crippen molar-refractivity contribution in [1.82, 2.24) is 9.97 Å². The third-order valence-electron chi connectivity index (χ3n) is 2.53. The van der Waals surface area contributed by atoms with Crippen LogP contribution in [0.25, 0.3) is 0 Å². The van der Waals surface area contributed by atoms with Gasteiger partial charge in [0.25, 0.3) is 0 Å². The lowest BCUT2D eigenvalue weighted by atomic mass is 10.2. The Morgan fingerprint density at radius 2 is 2.25 bits per heavy atom. The van der Waals surface area contributed by atoms with Gasteiger partial charge in [-0.3, -0.25) is 0 Å². The van der Waals surface area contributed by atoms with Crippen molar-refractivity contribution in [2.75, 3.05) is 0 Å². The predicted molar refractivity (Wildman–Crippen MR) is 81.3 cm³/mol. The van der Waals surface area contributed by atoms with Crippen LogP contribution in [0.4, 0.5) is 0 Å². The van der Waals surface area contributed by atoms with E-state index in [2.05, 4.69) is 25.9 Å². The van der Waals surface area contributed by atoms with E-state index in [1.165, 1.54) is 11.8 Å². The zero-order chi connectivity index (χ0) is 14.5.